The maximum atomic E-state index is 12.7. The van der Waals surface area contributed by atoms with Crippen molar-refractivity contribution in [1.82, 2.24) is 14.8 Å². The van der Waals surface area contributed by atoms with Crippen LogP contribution in [-0.4, -0.2) is 27.8 Å². The molecule has 1 aromatic carbocycles. The maximum Gasteiger partial charge on any atom is 0.268 e. The van der Waals surface area contributed by atoms with Crippen molar-refractivity contribution in [2.45, 2.75) is 27.4 Å². The molecule has 7 heteroatoms. The van der Waals surface area contributed by atoms with E-state index in [1.165, 1.54) is 16.9 Å². The summed E-state index contributed by atoms with van der Waals surface area (Å²) in [6, 6.07) is 9.84. The molecule has 0 saturated heterocycles. The summed E-state index contributed by atoms with van der Waals surface area (Å²) in [6.07, 6.45) is 0. The third-order valence-electron chi connectivity index (χ3n) is 3.67. The Balaban J connectivity index is 1.88. The summed E-state index contributed by atoms with van der Waals surface area (Å²) >= 11 is 1.34. The standard InChI is InChI=1S/C18H20N4O2S/c1-11-5-7-14(8-6-11)22-15(9-12(2)21-22)20-18(23)17-13(3)19-16(25-17)10-24-4/h5-9H,10H2,1-4H3,(H,20,23). The van der Waals surface area contributed by atoms with Crippen LogP contribution in [0.15, 0.2) is 30.3 Å². The Morgan fingerprint density at radius 2 is 1.96 bits per heavy atom. The van der Waals surface area contributed by atoms with Gasteiger partial charge in [-0.3, -0.25) is 4.79 Å². The molecule has 0 fully saturated rings. The van der Waals surface area contributed by atoms with Crippen LogP contribution in [0, 0.1) is 20.8 Å². The largest absolute Gasteiger partial charge is 0.378 e. The van der Waals surface area contributed by atoms with Gasteiger partial charge in [0.25, 0.3) is 5.91 Å². The van der Waals surface area contributed by atoms with Crippen LogP contribution in [0.3, 0.4) is 0 Å². The Morgan fingerprint density at radius 1 is 1.24 bits per heavy atom. The summed E-state index contributed by atoms with van der Waals surface area (Å²) in [7, 11) is 1.61. The minimum atomic E-state index is -0.189. The quantitative estimate of drug-likeness (QED) is 0.757. The second kappa shape index (κ2) is 7.16. The lowest BCUT2D eigenvalue weighted by Gasteiger charge is -2.08. The summed E-state index contributed by atoms with van der Waals surface area (Å²) in [5, 5.41) is 8.22. The Bertz CT molecular complexity index is 896. The number of methoxy groups -OCH3 is 1. The lowest BCUT2D eigenvalue weighted by Crippen LogP contribution is -2.15. The molecule has 0 aliphatic heterocycles. The van der Waals surface area contributed by atoms with E-state index >= 15 is 0 Å². The first-order chi connectivity index (χ1) is 12.0. The molecular formula is C18H20N4O2S. The molecule has 0 atom stereocenters. The van der Waals surface area contributed by atoms with Gasteiger partial charge in [-0.05, 0) is 32.9 Å². The molecule has 2 aromatic heterocycles. The van der Waals surface area contributed by atoms with E-state index in [-0.39, 0.29) is 5.91 Å². The van der Waals surface area contributed by atoms with Crippen LogP contribution in [0.1, 0.15) is 31.6 Å². The molecule has 0 aliphatic rings. The molecule has 3 aromatic rings. The number of ether oxygens (including phenoxy) is 1. The number of nitrogens with one attached hydrogen (secondary N) is 1. The van der Waals surface area contributed by atoms with E-state index in [9.17, 15) is 4.79 Å². The van der Waals surface area contributed by atoms with Gasteiger partial charge in [0, 0.05) is 13.2 Å². The van der Waals surface area contributed by atoms with Crippen LogP contribution >= 0.6 is 11.3 Å². The van der Waals surface area contributed by atoms with Crippen molar-refractivity contribution in [3.8, 4) is 5.69 Å². The number of aryl methyl sites for hydroxylation is 3. The number of thiazole rings is 1. The average molecular weight is 356 g/mol. The number of anilines is 1. The number of aromatic nitrogens is 3. The van der Waals surface area contributed by atoms with Gasteiger partial charge < -0.3 is 10.1 Å². The molecule has 0 unspecified atom stereocenters. The molecule has 2 heterocycles. The predicted molar refractivity (Wildman–Crippen MR) is 98.6 cm³/mol. The molecule has 3 rings (SSSR count). The monoisotopic (exact) mass is 356 g/mol. The topological polar surface area (TPSA) is 69.0 Å². The first kappa shape index (κ1) is 17.3. The smallest absolute Gasteiger partial charge is 0.268 e. The Hall–Kier alpha value is -2.51. The van der Waals surface area contributed by atoms with Crippen molar-refractivity contribution >= 4 is 23.1 Å². The number of hydrogen-bond donors (Lipinski definition) is 1. The number of carbonyl (C=O) groups excluding carboxylic acids is 1. The van der Waals surface area contributed by atoms with E-state index in [1.54, 1.807) is 11.8 Å². The van der Waals surface area contributed by atoms with Gasteiger partial charge in [0.15, 0.2) is 0 Å². The van der Waals surface area contributed by atoms with Gasteiger partial charge in [0.1, 0.15) is 15.7 Å². The van der Waals surface area contributed by atoms with Crippen LogP contribution in [-0.2, 0) is 11.3 Å². The number of nitrogens with zero attached hydrogens (tertiary/aromatic N) is 3. The van der Waals surface area contributed by atoms with Crippen LogP contribution in [0.4, 0.5) is 5.82 Å². The number of carbonyl (C=O) groups is 1. The Labute approximate surface area is 150 Å². The first-order valence-electron chi connectivity index (χ1n) is 7.88. The van der Waals surface area contributed by atoms with Gasteiger partial charge in [0.05, 0.1) is 23.7 Å². The molecule has 1 amide bonds. The fraction of sp³-hybridized carbons (Fsp3) is 0.278. The molecule has 6 nitrogen and oxygen atoms in total. The molecule has 0 radical (unpaired) electrons. The van der Waals surface area contributed by atoms with Crippen molar-refractivity contribution in [3.05, 3.63) is 57.2 Å². The molecule has 1 N–H and O–H groups in total. The number of hydrogen-bond acceptors (Lipinski definition) is 5. The van der Waals surface area contributed by atoms with Gasteiger partial charge in [-0.15, -0.1) is 11.3 Å². The normalized spacial score (nSPS) is 10.9. The molecule has 25 heavy (non-hydrogen) atoms. The average Bonchev–Trinajstić information content (AvgIpc) is 3.11. The molecular weight excluding hydrogens is 336 g/mol. The minimum absolute atomic E-state index is 0.189. The first-order valence-corrected chi connectivity index (χ1v) is 8.70. The molecule has 0 bridgehead atoms. The van der Waals surface area contributed by atoms with Crippen molar-refractivity contribution in [2.75, 3.05) is 12.4 Å². The van der Waals surface area contributed by atoms with E-state index in [0.717, 1.165) is 16.4 Å². The highest BCUT2D eigenvalue weighted by atomic mass is 32.1. The fourth-order valence-corrected chi connectivity index (χ4v) is 3.42. The Kier molecular flexibility index (Phi) is 4.96. The van der Waals surface area contributed by atoms with E-state index < -0.39 is 0 Å². The maximum absolute atomic E-state index is 12.7. The lowest BCUT2D eigenvalue weighted by atomic mass is 10.2. The highest BCUT2D eigenvalue weighted by Crippen LogP contribution is 2.22. The fourth-order valence-electron chi connectivity index (χ4n) is 2.49. The SMILES string of the molecule is COCc1nc(C)c(C(=O)Nc2cc(C)nn2-c2ccc(C)cc2)s1. The summed E-state index contributed by atoms with van der Waals surface area (Å²) in [5.74, 6) is 0.443. The summed E-state index contributed by atoms with van der Waals surface area (Å²) in [5.41, 5.74) is 3.60. The van der Waals surface area contributed by atoms with E-state index in [4.69, 9.17) is 4.74 Å². The summed E-state index contributed by atoms with van der Waals surface area (Å²) in [6.45, 7) is 6.16. The molecule has 0 aliphatic carbocycles. The minimum Gasteiger partial charge on any atom is -0.378 e. The highest BCUT2D eigenvalue weighted by Gasteiger charge is 2.18. The van der Waals surface area contributed by atoms with Gasteiger partial charge in [-0.25, -0.2) is 9.67 Å². The van der Waals surface area contributed by atoms with E-state index in [2.05, 4.69) is 15.4 Å². The van der Waals surface area contributed by atoms with Crippen molar-refractivity contribution in [1.29, 1.82) is 0 Å². The molecule has 0 saturated carbocycles. The van der Waals surface area contributed by atoms with Crippen LogP contribution in [0.5, 0.6) is 0 Å². The van der Waals surface area contributed by atoms with E-state index in [1.807, 2.05) is 51.1 Å². The van der Waals surface area contributed by atoms with Crippen LogP contribution in [0.2, 0.25) is 0 Å². The highest BCUT2D eigenvalue weighted by molar-refractivity contribution is 7.13. The zero-order chi connectivity index (χ0) is 18.0. The number of rotatable bonds is 5. The van der Waals surface area contributed by atoms with E-state index in [0.29, 0.717) is 23.0 Å². The Morgan fingerprint density at radius 3 is 2.64 bits per heavy atom. The number of benzene rings is 1. The zero-order valence-electron chi connectivity index (χ0n) is 14.7. The van der Waals surface area contributed by atoms with Gasteiger partial charge in [-0.1, -0.05) is 17.7 Å². The summed E-state index contributed by atoms with van der Waals surface area (Å²) < 4.78 is 6.82. The van der Waals surface area contributed by atoms with Crippen molar-refractivity contribution in [2.24, 2.45) is 0 Å². The second-order valence-electron chi connectivity index (χ2n) is 5.83. The van der Waals surface area contributed by atoms with Crippen molar-refractivity contribution < 1.29 is 9.53 Å². The van der Waals surface area contributed by atoms with Gasteiger partial charge >= 0.3 is 0 Å². The van der Waals surface area contributed by atoms with Crippen molar-refractivity contribution in [3.63, 3.8) is 0 Å². The summed E-state index contributed by atoms with van der Waals surface area (Å²) in [4.78, 5) is 17.6. The van der Waals surface area contributed by atoms with Crippen LogP contribution < -0.4 is 5.32 Å². The molecule has 130 valence electrons. The zero-order valence-corrected chi connectivity index (χ0v) is 15.5. The third-order valence-corrected chi connectivity index (χ3v) is 4.80. The predicted octanol–water partition coefficient (Wildman–Crippen LogP) is 3.65. The lowest BCUT2D eigenvalue weighted by molar-refractivity contribution is 0.102. The van der Waals surface area contributed by atoms with Gasteiger partial charge in [0.2, 0.25) is 0 Å². The van der Waals surface area contributed by atoms with Gasteiger partial charge in [-0.2, -0.15) is 5.10 Å². The van der Waals surface area contributed by atoms with Crippen LogP contribution in [0.25, 0.3) is 5.69 Å². The number of amides is 1. The second-order valence-corrected chi connectivity index (χ2v) is 6.91. The molecule has 0 spiro atoms. The third kappa shape index (κ3) is 3.78.